The molecule has 1 aromatic rings. The second-order valence-corrected chi connectivity index (χ2v) is 4.30. The average molecular weight is 276 g/mol. The number of halogens is 1. The molecule has 0 atom stereocenters. The minimum absolute atomic E-state index is 0.0979. The van der Waals surface area contributed by atoms with Gasteiger partial charge in [0.15, 0.2) is 0 Å². The number of nitrogens with zero attached hydrogens (tertiary/aromatic N) is 3. The summed E-state index contributed by atoms with van der Waals surface area (Å²) in [7, 11) is 0. The zero-order chi connectivity index (χ0) is 13.0. The molecule has 7 nitrogen and oxygen atoms in total. The van der Waals surface area contributed by atoms with Gasteiger partial charge in [-0.1, -0.05) is 0 Å². The summed E-state index contributed by atoms with van der Waals surface area (Å²) in [4.78, 5) is 12.7. The Bertz CT molecular complexity index is 417. The first kappa shape index (κ1) is 12.9. The summed E-state index contributed by atoms with van der Waals surface area (Å²) in [6.07, 6.45) is 2.79. The number of anilines is 1. The highest BCUT2D eigenvalue weighted by Gasteiger charge is 2.31. The Labute approximate surface area is 110 Å². The zero-order valence-electron chi connectivity index (χ0n) is 10.2. The van der Waals surface area contributed by atoms with Crippen molar-refractivity contribution in [3.63, 3.8) is 0 Å². The van der Waals surface area contributed by atoms with E-state index in [1.807, 2.05) is 5.01 Å². The lowest BCUT2D eigenvalue weighted by Crippen LogP contribution is -2.61. The molecule has 1 N–H and O–H groups in total. The molecule has 8 heteroatoms. The lowest BCUT2D eigenvalue weighted by molar-refractivity contribution is -0.757. The van der Waals surface area contributed by atoms with Crippen molar-refractivity contribution in [2.24, 2.45) is 0 Å². The van der Waals surface area contributed by atoms with Gasteiger partial charge in [-0.3, -0.25) is 9.84 Å². The molecule has 1 aliphatic rings. The molecule has 100 valence electrons. The van der Waals surface area contributed by atoms with Gasteiger partial charge in [0.2, 0.25) is 5.27 Å². The smallest absolute Gasteiger partial charge is 0.414 e. The van der Waals surface area contributed by atoms with Gasteiger partial charge in [0.05, 0.1) is 24.5 Å². The van der Waals surface area contributed by atoms with Crippen LogP contribution in [0.25, 0.3) is 0 Å². The molecule has 2 heterocycles. The van der Waals surface area contributed by atoms with Crippen LogP contribution in [0, 0.1) is 0 Å². The van der Waals surface area contributed by atoms with E-state index in [9.17, 15) is 4.79 Å². The van der Waals surface area contributed by atoms with Crippen molar-refractivity contribution in [2.45, 2.75) is 26.2 Å². The van der Waals surface area contributed by atoms with Crippen molar-refractivity contribution in [3.8, 4) is 0 Å². The van der Waals surface area contributed by atoms with Gasteiger partial charge in [-0.25, -0.2) is 4.79 Å². The number of piperidine rings is 1. The van der Waals surface area contributed by atoms with Crippen molar-refractivity contribution in [3.05, 3.63) is 5.15 Å². The number of nitrogens with one attached hydrogen (secondary N) is 1. The van der Waals surface area contributed by atoms with E-state index in [2.05, 4.69) is 10.6 Å². The van der Waals surface area contributed by atoms with Crippen molar-refractivity contribution < 1.29 is 18.8 Å². The van der Waals surface area contributed by atoms with Crippen LogP contribution in [-0.4, -0.2) is 31.1 Å². The second-order valence-electron chi connectivity index (χ2n) is 3.94. The van der Waals surface area contributed by atoms with E-state index in [0.717, 1.165) is 25.9 Å². The molecule has 0 unspecified atom stereocenters. The van der Waals surface area contributed by atoms with Crippen molar-refractivity contribution in [2.75, 3.05) is 30.0 Å². The van der Waals surface area contributed by atoms with E-state index in [0.29, 0.717) is 0 Å². The first-order valence-electron chi connectivity index (χ1n) is 5.99. The van der Waals surface area contributed by atoms with Gasteiger partial charge in [-0.2, -0.15) is 5.01 Å². The van der Waals surface area contributed by atoms with Gasteiger partial charge in [-0.15, -0.1) is 0 Å². The van der Waals surface area contributed by atoms with Crippen LogP contribution in [0.1, 0.15) is 26.2 Å². The van der Waals surface area contributed by atoms with Crippen LogP contribution in [0.15, 0.2) is 4.52 Å². The maximum absolute atomic E-state index is 11.2. The van der Waals surface area contributed by atoms with Crippen LogP contribution in [-0.2, 0) is 4.74 Å². The van der Waals surface area contributed by atoms with Gasteiger partial charge >= 0.3 is 17.1 Å². The molecule has 0 spiro atoms. The van der Waals surface area contributed by atoms with E-state index in [4.69, 9.17) is 20.9 Å². The molecular weight excluding hydrogens is 260 g/mol. The fourth-order valence-electron chi connectivity index (χ4n) is 1.82. The predicted octanol–water partition coefficient (Wildman–Crippen LogP) is 1.31. The van der Waals surface area contributed by atoms with Crippen LogP contribution >= 0.6 is 11.6 Å². The topological polar surface area (TPSA) is 71.5 Å². The van der Waals surface area contributed by atoms with Crippen LogP contribution in [0.4, 0.5) is 10.7 Å². The quantitative estimate of drug-likeness (QED) is 0.842. The van der Waals surface area contributed by atoms with Crippen LogP contribution in [0.3, 0.4) is 0 Å². The third-order valence-corrected chi connectivity index (χ3v) is 2.99. The number of aromatic nitrogens is 2. The first-order chi connectivity index (χ1) is 8.72. The Morgan fingerprint density at radius 1 is 1.56 bits per heavy atom. The van der Waals surface area contributed by atoms with Gasteiger partial charge < -0.3 is 4.74 Å². The normalized spacial score (nSPS) is 15.6. The van der Waals surface area contributed by atoms with Crippen LogP contribution < -0.4 is 15.1 Å². The number of hydrogen-bond donors (Lipinski definition) is 1. The number of amides is 1. The van der Waals surface area contributed by atoms with E-state index in [1.165, 1.54) is 11.2 Å². The zero-order valence-corrected chi connectivity index (χ0v) is 10.9. The summed E-state index contributed by atoms with van der Waals surface area (Å²) < 4.78 is 9.73. The number of carbonyl (C=O) groups excluding carboxylic acids is 1. The molecule has 1 fully saturated rings. The highest BCUT2D eigenvalue weighted by atomic mass is 35.5. The fourth-order valence-corrected chi connectivity index (χ4v) is 2.04. The molecule has 0 radical (unpaired) electrons. The second kappa shape index (κ2) is 5.90. The maximum Gasteiger partial charge on any atom is 0.414 e. The Morgan fingerprint density at radius 2 is 2.28 bits per heavy atom. The molecule has 0 bridgehead atoms. The van der Waals surface area contributed by atoms with Gasteiger partial charge in [-0.05, 0) is 26.2 Å². The Kier molecular flexibility index (Phi) is 4.24. The molecule has 1 aromatic heterocycles. The highest BCUT2D eigenvalue weighted by Crippen LogP contribution is 2.17. The summed E-state index contributed by atoms with van der Waals surface area (Å²) in [6, 6.07) is 0. The molecular formula is C10H16ClN4O3+. The van der Waals surface area contributed by atoms with Gasteiger partial charge in [0, 0.05) is 11.6 Å². The minimum atomic E-state index is -0.610. The lowest BCUT2D eigenvalue weighted by atomic mass is 10.2. The highest BCUT2D eigenvalue weighted by molar-refractivity contribution is 6.30. The lowest BCUT2D eigenvalue weighted by Gasteiger charge is -2.18. The summed E-state index contributed by atoms with van der Waals surface area (Å²) in [5.41, 5.74) is 0. The molecule has 1 aliphatic heterocycles. The number of hydrogen-bond acceptors (Lipinski definition) is 5. The fraction of sp³-hybridized carbons (Fsp3) is 0.700. The van der Waals surface area contributed by atoms with Gasteiger partial charge in [0.1, 0.15) is 0 Å². The van der Waals surface area contributed by atoms with E-state index < -0.39 is 6.09 Å². The molecule has 1 amide bonds. The Hall–Kier alpha value is -1.50. The molecule has 0 aromatic carbocycles. The summed E-state index contributed by atoms with van der Waals surface area (Å²) in [5.74, 6) is 0.0979. The van der Waals surface area contributed by atoms with Crippen molar-refractivity contribution in [1.29, 1.82) is 0 Å². The van der Waals surface area contributed by atoms with Crippen LogP contribution in [0.2, 0.25) is 5.15 Å². The predicted molar refractivity (Wildman–Crippen MR) is 64.2 cm³/mol. The summed E-state index contributed by atoms with van der Waals surface area (Å²) in [6.45, 7) is 3.74. The van der Waals surface area contributed by atoms with Crippen LogP contribution in [0.5, 0.6) is 0 Å². The summed E-state index contributed by atoms with van der Waals surface area (Å²) >= 11 is 6.10. The van der Waals surface area contributed by atoms with E-state index in [-0.39, 0.29) is 17.6 Å². The molecule has 2 rings (SSSR count). The van der Waals surface area contributed by atoms with Crippen molar-refractivity contribution >= 4 is 23.6 Å². The molecule has 1 saturated heterocycles. The molecule has 0 aliphatic carbocycles. The maximum atomic E-state index is 11.2. The van der Waals surface area contributed by atoms with E-state index >= 15 is 0 Å². The van der Waals surface area contributed by atoms with Crippen molar-refractivity contribution in [1.82, 2.24) is 5.27 Å². The third-order valence-electron chi connectivity index (χ3n) is 2.66. The molecule has 0 saturated carbocycles. The average Bonchev–Trinajstić information content (AvgIpc) is 2.72. The number of carbonyl (C=O) groups is 1. The summed E-state index contributed by atoms with van der Waals surface area (Å²) in [5, 5.41) is 8.44. The number of rotatable bonds is 3. The number of ether oxygens (including phenoxy) is 1. The largest absolute Gasteiger partial charge is 0.450 e. The third kappa shape index (κ3) is 2.84. The van der Waals surface area contributed by atoms with E-state index in [1.54, 1.807) is 6.92 Å². The molecule has 18 heavy (non-hydrogen) atoms. The first-order valence-corrected chi connectivity index (χ1v) is 6.36. The van der Waals surface area contributed by atoms with Gasteiger partial charge in [0.25, 0.3) is 0 Å². The minimum Gasteiger partial charge on any atom is -0.450 e. The Balaban J connectivity index is 2.05. The SMILES string of the molecule is CCOC(=O)Nc1on[n+](N2CCCCC2)c1Cl. The standard InChI is InChI=1S/C10H15ClN4O3/c1-2-17-10(16)12-9-8(11)15(13-18-9)14-6-4-3-5-7-14/h2-7H2,1H3/p+1. The Morgan fingerprint density at radius 3 is 2.94 bits per heavy atom. The monoisotopic (exact) mass is 275 g/mol.